The smallest absolute Gasteiger partial charge is 0.357 e. The Morgan fingerprint density at radius 3 is 2.62 bits per heavy atom. The number of ether oxygens (including phenoxy) is 1. The number of fused-ring (bicyclic) bond motifs is 1. The fourth-order valence-corrected chi connectivity index (χ4v) is 5.75. The number of carbonyl (C=O) groups excluding carboxylic acids is 1. The van der Waals surface area contributed by atoms with Crippen molar-refractivity contribution in [3.63, 3.8) is 0 Å². The Morgan fingerprint density at radius 1 is 1.06 bits per heavy atom. The minimum absolute atomic E-state index is 0.144. The number of hydrogen-bond donors (Lipinski definition) is 0. The third-order valence-corrected chi connectivity index (χ3v) is 7.76. The molecular weight excluding hydrogens is 478 g/mol. The molecule has 2 heterocycles. The number of aromatic nitrogens is 1. The quantitative estimate of drug-likeness (QED) is 0.447. The van der Waals surface area contributed by atoms with E-state index in [9.17, 15) is 13.2 Å². The van der Waals surface area contributed by atoms with Gasteiger partial charge in [0.15, 0.2) is 0 Å². The lowest BCUT2D eigenvalue weighted by Gasteiger charge is -2.22. The number of nitrogens with zero attached hydrogens (tertiary/aromatic N) is 3. The number of pyridine rings is 1. The summed E-state index contributed by atoms with van der Waals surface area (Å²) in [5, 5.41) is 2.65. The SMILES string of the molecule is CCCOc1ccc(S(=O)(=O)N2CCCN(OC(=O)c3ccccc3)CC2)c2ccnc(Cl)c12. The van der Waals surface area contributed by atoms with Gasteiger partial charge in [-0.15, -0.1) is 5.06 Å². The average Bonchev–Trinajstić information content (AvgIpc) is 3.09. The summed E-state index contributed by atoms with van der Waals surface area (Å²) in [6.07, 6.45) is 2.80. The maximum atomic E-state index is 13.6. The van der Waals surface area contributed by atoms with Gasteiger partial charge in [0.2, 0.25) is 10.0 Å². The minimum atomic E-state index is -3.85. The van der Waals surface area contributed by atoms with Gasteiger partial charge in [0, 0.05) is 37.8 Å². The highest BCUT2D eigenvalue weighted by molar-refractivity contribution is 7.89. The molecule has 1 saturated heterocycles. The van der Waals surface area contributed by atoms with Crippen LogP contribution in [0.15, 0.2) is 59.6 Å². The highest BCUT2D eigenvalue weighted by Crippen LogP contribution is 2.36. The Bertz CT molecular complexity index is 1270. The van der Waals surface area contributed by atoms with E-state index in [1.54, 1.807) is 42.5 Å². The first kappa shape index (κ1) is 24.4. The lowest BCUT2D eigenvalue weighted by molar-refractivity contribution is -0.106. The predicted octanol–water partition coefficient (Wildman–Crippen LogP) is 4.15. The van der Waals surface area contributed by atoms with Gasteiger partial charge in [0.05, 0.1) is 22.5 Å². The molecule has 34 heavy (non-hydrogen) atoms. The zero-order chi connectivity index (χ0) is 24.1. The van der Waals surface area contributed by atoms with Crippen LogP contribution in [0.2, 0.25) is 5.15 Å². The third-order valence-electron chi connectivity index (χ3n) is 5.52. The predicted molar refractivity (Wildman–Crippen MR) is 129 cm³/mol. The van der Waals surface area contributed by atoms with Gasteiger partial charge in [-0.05, 0) is 43.2 Å². The zero-order valence-corrected chi connectivity index (χ0v) is 20.4. The lowest BCUT2D eigenvalue weighted by atomic mass is 10.1. The maximum absolute atomic E-state index is 13.6. The molecule has 0 spiro atoms. The van der Waals surface area contributed by atoms with E-state index in [1.165, 1.54) is 15.6 Å². The summed E-state index contributed by atoms with van der Waals surface area (Å²) < 4.78 is 34.5. The first-order valence-electron chi connectivity index (χ1n) is 11.1. The van der Waals surface area contributed by atoms with Crippen LogP contribution in [0, 0.1) is 0 Å². The summed E-state index contributed by atoms with van der Waals surface area (Å²) in [4.78, 5) is 22.1. The number of halogens is 1. The van der Waals surface area contributed by atoms with Crippen molar-refractivity contribution in [3.05, 3.63) is 65.4 Å². The van der Waals surface area contributed by atoms with Crippen LogP contribution in [0.4, 0.5) is 0 Å². The molecule has 0 radical (unpaired) electrons. The van der Waals surface area contributed by atoms with Crippen molar-refractivity contribution in [3.8, 4) is 5.75 Å². The van der Waals surface area contributed by atoms with Crippen molar-refractivity contribution in [2.75, 3.05) is 32.8 Å². The van der Waals surface area contributed by atoms with Gasteiger partial charge in [-0.3, -0.25) is 0 Å². The molecular formula is C24H26ClN3O5S. The van der Waals surface area contributed by atoms with Gasteiger partial charge in [0.1, 0.15) is 10.9 Å². The Hall–Kier alpha value is -2.72. The molecule has 0 amide bonds. The summed E-state index contributed by atoms with van der Waals surface area (Å²) in [6, 6.07) is 13.5. The van der Waals surface area contributed by atoms with Crippen molar-refractivity contribution in [2.24, 2.45) is 0 Å². The molecule has 4 rings (SSSR count). The maximum Gasteiger partial charge on any atom is 0.357 e. The molecule has 0 aliphatic carbocycles. The standard InChI is InChI=1S/C24H26ClN3O5S/c1-2-17-32-20-9-10-21(19-11-12-26-23(25)22(19)20)34(30,31)28-14-6-13-27(15-16-28)33-24(29)18-7-4-3-5-8-18/h3-5,7-12H,2,6,13-17H2,1H3. The first-order chi connectivity index (χ1) is 16.4. The second kappa shape index (κ2) is 10.7. The number of sulfonamides is 1. The second-order valence-corrected chi connectivity index (χ2v) is 10.1. The molecule has 0 atom stereocenters. The summed E-state index contributed by atoms with van der Waals surface area (Å²) in [7, 11) is -3.85. The van der Waals surface area contributed by atoms with Crippen molar-refractivity contribution < 1.29 is 22.8 Å². The van der Waals surface area contributed by atoms with Crippen molar-refractivity contribution in [2.45, 2.75) is 24.7 Å². The summed E-state index contributed by atoms with van der Waals surface area (Å²) >= 11 is 6.34. The molecule has 1 aliphatic heterocycles. The Labute approximate surface area is 204 Å². The van der Waals surface area contributed by atoms with Crippen molar-refractivity contribution in [1.29, 1.82) is 0 Å². The van der Waals surface area contributed by atoms with Gasteiger partial charge < -0.3 is 9.57 Å². The molecule has 180 valence electrons. The van der Waals surface area contributed by atoms with E-state index in [4.69, 9.17) is 21.2 Å². The molecule has 3 aromatic rings. The van der Waals surface area contributed by atoms with Crippen LogP contribution in [-0.4, -0.2) is 61.5 Å². The summed E-state index contributed by atoms with van der Waals surface area (Å²) in [5.74, 6) is 0.0384. The first-order valence-corrected chi connectivity index (χ1v) is 13.0. The average molecular weight is 504 g/mol. The monoisotopic (exact) mass is 503 g/mol. The molecule has 0 saturated carbocycles. The zero-order valence-electron chi connectivity index (χ0n) is 18.8. The number of benzene rings is 2. The van der Waals surface area contributed by atoms with E-state index in [1.807, 2.05) is 13.0 Å². The minimum Gasteiger partial charge on any atom is -0.493 e. The highest BCUT2D eigenvalue weighted by atomic mass is 35.5. The van der Waals surface area contributed by atoms with Gasteiger partial charge in [0.25, 0.3) is 0 Å². The second-order valence-electron chi connectivity index (χ2n) is 7.87. The molecule has 0 unspecified atom stereocenters. The topological polar surface area (TPSA) is 89.0 Å². The molecule has 0 N–H and O–H groups in total. The molecule has 1 fully saturated rings. The third kappa shape index (κ3) is 5.17. The van der Waals surface area contributed by atoms with Crippen LogP contribution in [0.1, 0.15) is 30.1 Å². The van der Waals surface area contributed by atoms with E-state index in [2.05, 4.69) is 4.98 Å². The van der Waals surface area contributed by atoms with E-state index in [0.717, 1.165) is 6.42 Å². The largest absolute Gasteiger partial charge is 0.493 e. The molecule has 0 bridgehead atoms. The van der Waals surface area contributed by atoms with E-state index >= 15 is 0 Å². The van der Waals surface area contributed by atoms with E-state index < -0.39 is 16.0 Å². The van der Waals surface area contributed by atoms with Gasteiger partial charge in [-0.1, -0.05) is 36.7 Å². The molecule has 1 aliphatic rings. The van der Waals surface area contributed by atoms with Crippen LogP contribution in [-0.2, 0) is 14.9 Å². The van der Waals surface area contributed by atoms with Gasteiger partial charge >= 0.3 is 5.97 Å². The van der Waals surface area contributed by atoms with Crippen molar-refractivity contribution in [1.82, 2.24) is 14.4 Å². The van der Waals surface area contributed by atoms with Crippen molar-refractivity contribution >= 4 is 38.4 Å². The van der Waals surface area contributed by atoms with Crippen LogP contribution in [0.3, 0.4) is 0 Å². The van der Waals surface area contributed by atoms with Gasteiger partial charge in [-0.2, -0.15) is 4.31 Å². The Balaban J connectivity index is 1.56. The van der Waals surface area contributed by atoms with Crippen LogP contribution < -0.4 is 4.74 Å². The number of hydroxylamine groups is 2. The van der Waals surface area contributed by atoms with Crippen LogP contribution >= 0.6 is 11.6 Å². The number of rotatable bonds is 7. The summed E-state index contributed by atoms with van der Waals surface area (Å²) in [6.45, 7) is 3.65. The number of carbonyl (C=O) groups is 1. The normalized spacial score (nSPS) is 15.7. The summed E-state index contributed by atoms with van der Waals surface area (Å²) in [5.41, 5.74) is 0.443. The molecule has 10 heteroatoms. The van der Waals surface area contributed by atoms with E-state index in [0.29, 0.717) is 48.2 Å². The lowest BCUT2D eigenvalue weighted by Crippen LogP contribution is -2.36. The number of hydrogen-bond acceptors (Lipinski definition) is 7. The highest BCUT2D eigenvalue weighted by Gasteiger charge is 2.30. The van der Waals surface area contributed by atoms with Crippen LogP contribution in [0.5, 0.6) is 5.75 Å². The molecule has 1 aromatic heterocycles. The fourth-order valence-electron chi connectivity index (χ4n) is 3.84. The fraction of sp³-hybridized carbons (Fsp3) is 0.333. The van der Waals surface area contributed by atoms with E-state index in [-0.39, 0.29) is 23.1 Å². The Morgan fingerprint density at radius 2 is 1.85 bits per heavy atom. The molecule has 8 nitrogen and oxygen atoms in total. The van der Waals surface area contributed by atoms with Gasteiger partial charge in [-0.25, -0.2) is 18.2 Å². The Kier molecular flexibility index (Phi) is 7.67. The molecule has 2 aromatic carbocycles. The van der Waals surface area contributed by atoms with Crippen LogP contribution in [0.25, 0.3) is 10.8 Å².